The minimum absolute atomic E-state index is 0. The van der Waals surface area contributed by atoms with Crippen molar-refractivity contribution in [3.05, 3.63) is 29.3 Å². The zero-order valence-corrected chi connectivity index (χ0v) is 16.3. The van der Waals surface area contributed by atoms with Crippen LogP contribution in [0.5, 0.6) is 0 Å². The van der Waals surface area contributed by atoms with Gasteiger partial charge in [0, 0.05) is 26.9 Å². The quantitative estimate of drug-likeness (QED) is 0.456. The molecule has 0 heterocycles. The molecule has 21 heavy (non-hydrogen) atoms. The standard InChI is InChI=1S/C14H23N3O2S.HI/c1-6-15-14(17(3)4)16-10-12-7-8-13(11(2)9-12)20(5,18)19;/h7-9H,6,10H2,1-5H3,(H,15,16);1H. The molecular weight excluding hydrogens is 401 g/mol. The molecule has 0 fully saturated rings. The SMILES string of the molecule is CCNC(=NCc1ccc(S(C)(=O)=O)c(C)c1)N(C)C.I. The summed E-state index contributed by atoms with van der Waals surface area (Å²) in [6.07, 6.45) is 1.22. The molecule has 0 bridgehead atoms. The van der Waals surface area contributed by atoms with Crippen molar-refractivity contribution in [1.29, 1.82) is 0 Å². The summed E-state index contributed by atoms with van der Waals surface area (Å²) in [5.74, 6) is 0.817. The van der Waals surface area contributed by atoms with E-state index in [0.717, 1.165) is 23.6 Å². The highest BCUT2D eigenvalue weighted by molar-refractivity contribution is 14.0. The molecule has 5 nitrogen and oxygen atoms in total. The monoisotopic (exact) mass is 425 g/mol. The smallest absolute Gasteiger partial charge is 0.193 e. The average Bonchev–Trinajstić information content (AvgIpc) is 2.32. The molecule has 1 aromatic carbocycles. The van der Waals surface area contributed by atoms with Gasteiger partial charge < -0.3 is 10.2 Å². The van der Waals surface area contributed by atoms with Crippen molar-refractivity contribution < 1.29 is 8.42 Å². The van der Waals surface area contributed by atoms with Gasteiger partial charge in [0.1, 0.15) is 0 Å². The number of aliphatic imine (C=N–C) groups is 1. The van der Waals surface area contributed by atoms with Crippen LogP contribution in [0.2, 0.25) is 0 Å². The number of nitrogens with one attached hydrogen (secondary N) is 1. The fraction of sp³-hybridized carbons (Fsp3) is 0.500. The first-order chi connectivity index (χ1) is 9.25. The highest BCUT2D eigenvalue weighted by Gasteiger charge is 2.10. The summed E-state index contributed by atoms with van der Waals surface area (Å²) in [5, 5.41) is 3.18. The van der Waals surface area contributed by atoms with Gasteiger partial charge >= 0.3 is 0 Å². The maximum Gasteiger partial charge on any atom is 0.193 e. The average molecular weight is 425 g/mol. The second-order valence-corrected chi connectivity index (χ2v) is 6.92. The number of nitrogens with zero attached hydrogens (tertiary/aromatic N) is 2. The molecule has 0 unspecified atom stereocenters. The van der Waals surface area contributed by atoms with Crippen molar-refractivity contribution >= 4 is 39.8 Å². The molecule has 1 aromatic rings. The maximum atomic E-state index is 11.6. The highest BCUT2D eigenvalue weighted by atomic mass is 127. The van der Waals surface area contributed by atoms with Crippen LogP contribution in [-0.2, 0) is 16.4 Å². The van der Waals surface area contributed by atoms with Gasteiger partial charge in [0.2, 0.25) is 0 Å². The molecule has 0 aliphatic heterocycles. The summed E-state index contributed by atoms with van der Waals surface area (Å²) in [6.45, 7) is 5.15. The molecule has 7 heteroatoms. The van der Waals surface area contributed by atoms with E-state index in [1.165, 1.54) is 6.26 Å². The van der Waals surface area contributed by atoms with Crippen LogP contribution in [0.1, 0.15) is 18.1 Å². The Hall–Kier alpha value is -0.830. The Kier molecular flexibility index (Phi) is 8.23. The van der Waals surface area contributed by atoms with Gasteiger partial charge in [0.05, 0.1) is 11.4 Å². The Labute approximate surface area is 144 Å². The molecule has 0 aliphatic rings. The van der Waals surface area contributed by atoms with Gasteiger partial charge in [-0.05, 0) is 31.0 Å². The van der Waals surface area contributed by atoms with Crippen LogP contribution < -0.4 is 5.32 Å². The number of halogens is 1. The van der Waals surface area contributed by atoms with E-state index in [0.29, 0.717) is 11.4 Å². The van der Waals surface area contributed by atoms with Gasteiger partial charge in [0.15, 0.2) is 15.8 Å². The number of sulfone groups is 1. The van der Waals surface area contributed by atoms with Crippen LogP contribution in [0.25, 0.3) is 0 Å². The molecule has 0 spiro atoms. The predicted octanol–water partition coefficient (Wildman–Crippen LogP) is 2.04. The predicted molar refractivity (Wildman–Crippen MR) is 98.2 cm³/mol. The van der Waals surface area contributed by atoms with Gasteiger partial charge in [-0.2, -0.15) is 0 Å². The van der Waals surface area contributed by atoms with Crippen LogP contribution >= 0.6 is 24.0 Å². The van der Waals surface area contributed by atoms with Crippen molar-refractivity contribution in [2.45, 2.75) is 25.3 Å². The van der Waals surface area contributed by atoms with Crippen molar-refractivity contribution in [2.75, 3.05) is 26.9 Å². The zero-order chi connectivity index (χ0) is 15.3. The topological polar surface area (TPSA) is 61.8 Å². The number of guanidine groups is 1. The number of hydrogen-bond acceptors (Lipinski definition) is 3. The van der Waals surface area contributed by atoms with Crippen molar-refractivity contribution in [3.8, 4) is 0 Å². The van der Waals surface area contributed by atoms with E-state index in [1.54, 1.807) is 13.0 Å². The van der Waals surface area contributed by atoms with Crippen molar-refractivity contribution in [2.24, 2.45) is 4.99 Å². The second kappa shape index (κ2) is 8.57. The molecular formula is C14H24IN3O2S. The third-order valence-corrected chi connectivity index (χ3v) is 4.07. The highest BCUT2D eigenvalue weighted by Crippen LogP contribution is 2.17. The Morgan fingerprint density at radius 2 is 1.95 bits per heavy atom. The lowest BCUT2D eigenvalue weighted by atomic mass is 10.1. The van der Waals surface area contributed by atoms with Gasteiger partial charge in [-0.1, -0.05) is 12.1 Å². The molecule has 1 N–H and O–H groups in total. The molecule has 0 aromatic heterocycles. The minimum Gasteiger partial charge on any atom is -0.357 e. The van der Waals surface area contributed by atoms with E-state index in [1.807, 2.05) is 38.1 Å². The van der Waals surface area contributed by atoms with E-state index < -0.39 is 9.84 Å². The van der Waals surface area contributed by atoms with E-state index in [9.17, 15) is 8.42 Å². The fourth-order valence-corrected chi connectivity index (χ4v) is 2.86. The Morgan fingerprint density at radius 1 is 1.33 bits per heavy atom. The lowest BCUT2D eigenvalue weighted by molar-refractivity contribution is 0.583. The minimum atomic E-state index is -3.16. The number of hydrogen-bond donors (Lipinski definition) is 1. The zero-order valence-electron chi connectivity index (χ0n) is 13.2. The van der Waals surface area contributed by atoms with Crippen LogP contribution in [0.15, 0.2) is 28.1 Å². The summed E-state index contributed by atoms with van der Waals surface area (Å²) in [6, 6.07) is 5.34. The van der Waals surface area contributed by atoms with Gasteiger partial charge in [-0.25, -0.2) is 13.4 Å². The van der Waals surface area contributed by atoms with E-state index in [-0.39, 0.29) is 24.0 Å². The summed E-state index contributed by atoms with van der Waals surface area (Å²) in [7, 11) is 0.700. The lowest BCUT2D eigenvalue weighted by Crippen LogP contribution is -2.36. The third-order valence-electron chi connectivity index (χ3n) is 2.81. The van der Waals surface area contributed by atoms with Crippen LogP contribution in [-0.4, -0.2) is 46.2 Å². The fourth-order valence-electron chi connectivity index (χ4n) is 1.91. The van der Waals surface area contributed by atoms with E-state index in [4.69, 9.17) is 0 Å². The van der Waals surface area contributed by atoms with Crippen molar-refractivity contribution in [3.63, 3.8) is 0 Å². The first-order valence-corrected chi connectivity index (χ1v) is 8.40. The second-order valence-electron chi connectivity index (χ2n) is 4.94. The molecule has 0 saturated heterocycles. The number of benzene rings is 1. The molecule has 0 radical (unpaired) electrons. The first kappa shape index (κ1) is 20.2. The van der Waals surface area contributed by atoms with Crippen LogP contribution in [0, 0.1) is 6.92 Å². The number of rotatable bonds is 4. The lowest BCUT2D eigenvalue weighted by Gasteiger charge is -2.16. The summed E-state index contributed by atoms with van der Waals surface area (Å²) in [5.41, 5.74) is 1.75. The van der Waals surface area contributed by atoms with Crippen LogP contribution in [0.3, 0.4) is 0 Å². The number of aryl methyl sites for hydroxylation is 1. The summed E-state index contributed by atoms with van der Waals surface area (Å²) >= 11 is 0. The summed E-state index contributed by atoms with van der Waals surface area (Å²) < 4.78 is 23.1. The normalized spacial score (nSPS) is 11.8. The maximum absolute atomic E-state index is 11.6. The molecule has 120 valence electrons. The molecule has 1 rings (SSSR count). The molecule has 0 atom stereocenters. The van der Waals surface area contributed by atoms with Gasteiger partial charge in [0.25, 0.3) is 0 Å². The van der Waals surface area contributed by atoms with Crippen LogP contribution in [0.4, 0.5) is 0 Å². The Morgan fingerprint density at radius 3 is 2.38 bits per heavy atom. The molecule has 0 saturated carbocycles. The molecule has 0 aliphatic carbocycles. The third kappa shape index (κ3) is 6.21. The Balaban J connectivity index is 0.00000400. The summed E-state index contributed by atoms with van der Waals surface area (Å²) in [4.78, 5) is 6.80. The first-order valence-electron chi connectivity index (χ1n) is 6.51. The van der Waals surface area contributed by atoms with E-state index in [2.05, 4.69) is 10.3 Å². The van der Waals surface area contributed by atoms with Gasteiger partial charge in [-0.15, -0.1) is 24.0 Å². The van der Waals surface area contributed by atoms with Gasteiger partial charge in [-0.3, -0.25) is 0 Å². The largest absolute Gasteiger partial charge is 0.357 e. The van der Waals surface area contributed by atoms with E-state index >= 15 is 0 Å². The molecule has 0 amide bonds. The Bertz CT molecular complexity index is 598. The van der Waals surface area contributed by atoms with Crippen molar-refractivity contribution in [1.82, 2.24) is 10.2 Å².